The third kappa shape index (κ3) is 3.90. The van der Waals surface area contributed by atoms with E-state index in [0.29, 0.717) is 22.4 Å². The lowest BCUT2D eigenvalue weighted by Crippen LogP contribution is -2.12. The molecule has 1 heterocycles. The van der Waals surface area contributed by atoms with Gasteiger partial charge < -0.3 is 14.5 Å². The van der Waals surface area contributed by atoms with Crippen LogP contribution in [0.2, 0.25) is 10.0 Å². The van der Waals surface area contributed by atoms with Crippen LogP contribution in [0, 0.1) is 0 Å². The van der Waals surface area contributed by atoms with Crippen molar-refractivity contribution in [3.05, 3.63) is 51.9 Å². The third-order valence-corrected chi connectivity index (χ3v) is 3.40. The number of nitrogens with one attached hydrogen (secondary N) is 1. The predicted octanol–water partition coefficient (Wildman–Crippen LogP) is 4.27. The molecule has 2 rings (SSSR count). The van der Waals surface area contributed by atoms with Crippen LogP contribution in [-0.4, -0.2) is 6.54 Å². The lowest BCUT2D eigenvalue weighted by atomic mass is 10.2. The molecule has 0 aliphatic carbocycles. The van der Waals surface area contributed by atoms with Gasteiger partial charge in [-0.15, -0.1) is 0 Å². The maximum absolute atomic E-state index is 5.93. The molecular weight excluding hydrogens is 285 g/mol. The summed E-state index contributed by atoms with van der Waals surface area (Å²) < 4.78 is 11.1. The molecule has 19 heavy (non-hydrogen) atoms. The highest BCUT2D eigenvalue weighted by molar-refractivity contribution is 6.42. The largest absolute Gasteiger partial charge is 0.486 e. The van der Waals surface area contributed by atoms with E-state index in [1.807, 2.05) is 6.07 Å². The number of halogens is 2. The van der Waals surface area contributed by atoms with E-state index >= 15 is 0 Å². The summed E-state index contributed by atoms with van der Waals surface area (Å²) in [7, 11) is 0. The van der Waals surface area contributed by atoms with Gasteiger partial charge in [0.15, 0.2) is 0 Å². The van der Waals surface area contributed by atoms with Gasteiger partial charge in [0.05, 0.1) is 16.3 Å². The molecule has 1 aromatic carbocycles. The lowest BCUT2D eigenvalue weighted by Gasteiger charge is -2.07. The van der Waals surface area contributed by atoms with Crippen molar-refractivity contribution in [2.45, 2.75) is 20.1 Å². The Balaban J connectivity index is 1.98. The predicted molar refractivity (Wildman–Crippen MR) is 76.9 cm³/mol. The molecule has 5 heteroatoms. The van der Waals surface area contributed by atoms with E-state index in [0.717, 1.165) is 24.4 Å². The van der Waals surface area contributed by atoms with Crippen molar-refractivity contribution in [2.75, 3.05) is 6.54 Å². The normalized spacial score (nSPS) is 10.7. The Labute approximate surface area is 122 Å². The van der Waals surface area contributed by atoms with E-state index < -0.39 is 0 Å². The first-order valence-electron chi connectivity index (χ1n) is 6.04. The van der Waals surface area contributed by atoms with Crippen LogP contribution in [0.15, 0.2) is 34.9 Å². The molecule has 2 aromatic rings. The molecule has 0 radical (unpaired) electrons. The van der Waals surface area contributed by atoms with Gasteiger partial charge in [0.1, 0.15) is 18.1 Å². The van der Waals surface area contributed by atoms with E-state index in [2.05, 4.69) is 12.2 Å². The summed E-state index contributed by atoms with van der Waals surface area (Å²) in [5.74, 6) is 1.48. The van der Waals surface area contributed by atoms with Crippen molar-refractivity contribution in [3.8, 4) is 5.75 Å². The highest BCUT2D eigenvalue weighted by Gasteiger charge is 2.07. The van der Waals surface area contributed by atoms with Gasteiger partial charge in [0.25, 0.3) is 0 Å². The van der Waals surface area contributed by atoms with E-state index in [-0.39, 0.29) is 0 Å². The Morgan fingerprint density at radius 1 is 1.21 bits per heavy atom. The molecule has 0 atom stereocenters. The second-order valence-electron chi connectivity index (χ2n) is 4.01. The minimum atomic E-state index is 0.367. The topological polar surface area (TPSA) is 34.4 Å². The zero-order chi connectivity index (χ0) is 13.7. The lowest BCUT2D eigenvalue weighted by molar-refractivity contribution is 0.268. The summed E-state index contributed by atoms with van der Waals surface area (Å²) in [5, 5.41) is 4.24. The minimum absolute atomic E-state index is 0.367. The molecule has 102 valence electrons. The van der Waals surface area contributed by atoms with Crippen LogP contribution in [0.5, 0.6) is 5.75 Å². The van der Waals surface area contributed by atoms with Gasteiger partial charge in [-0.25, -0.2) is 0 Å². The molecule has 0 unspecified atom stereocenters. The SMILES string of the molecule is CCNCc1ccoc1COc1ccc(Cl)c(Cl)c1. The first-order chi connectivity index (χ1) is 9.20. The van der Waals surface area contributed by atoms with E-state index in [1.165, 1.54) is 0 Å². The number of rotatable bonds is 6. The summed E-state index contributed by atoms with van der Waals surface area (Å²) in [6.07, 6.45) is 1.67. The van der Waals surface area contributed by atoms with Crippen LogP contribution in [0.3, 0.4) is 0 Å². The fraction of sp³-hybridized carbons (Fsp3) is 0.286. The maximum atomic E-state index is 5.93. The Morgan fingerprint density at radius 2 is 2.05 bits per heavy atom. The molecule has 1 aromatic heterocycles. The summed E-state index contributed by atoms with van der Waals surface area (Å²) in [6.45, 7) is 4.11. The summed E-state index contributed by atoms with van der Waals surface area (Å²) in [4.78, 5) is 0. The Bertz CT molecular complexity index is 540. The monoisotopic (exact) mass is 299 g/mol. The molecule has 0 spiro atoms. The van der Waals surface area contributed by atoms with Crippen LogP contribution < -0.4 is 10.1 Å². The zero-order valence-electron chi connectivity index (χ0n) is 10.6. The number of hydrogen-bond acceptors (Lipinski definition) is 3. The van der Waals surface area contributed by atoms with Crippen LogP contribution >= 0.6 is 23.2 Å². The van der Waals surface area contributed by atoms with Crippen molar-refractivity contribution in [1.29, 1.82) is 0 Å². The van der Waals surface area contributed by atoms with E-state index in [1.54, 1.807) is 24.5 Å². The van der Waals surface area contributed by atoms with Crippen LogP contribution in [0.1, 0.15) is 18.2 Å². The van der Waals surface area contributed by atoms with Crippen molar-refractivity contribution in [2.24, 2.45) is 0 Å². The molecule has 0 saturated carbocycles. The second-order valence-corrected chi connectivity index (χ2v) is 4.83. The van der Waals surface area contributed by atoms with Gasteiger partial charge in [-0.1, -0.05) is 30.1 Å². The smallest absolute Gasteiger partial charge is 0.146 e. The average Bonchev–Trinajstić information content (AvgIpc) is 2.85. The number of furan rings is 1. The number of hydrogen-bond donors (Lipinski definition) is 1. The molecule has 0 saturated heterocycles. The van der Waals surface area contributed by atoms with Crippen LogP contribution in [-0.2, 0) is 13.2 Å². The van der Waals surface area contributed by atoms with E-state index in [4.69, 9.17) is 32.4 Å². The summed E-state index contributed by atoms with van der Waals surface area (Å²) in [5.41, 5.74) is 1.10. The highest BCUT2D eigenvalue weighted by Crippen LogP contribution is 2.27. The fourth-order valence-corrected chi connectivity index (χ4v) is 1.91. The Morgan fingerprint density at radius 3 is 2.79 bits per heavy atom. The molecule has 0 amide bonds. The molecule has 0 fully saturated rings. The summed E-state index contributed by atoms with van der Waals surface area (Å²) in [6, 6.07) is 7.12. The Kier molecular flexibility index (Phi) is 5.14. The average molecular weight is 300 g/mol. The molecular formula is C14H15Cl2NO2. The number of benzene rings is 1. The standard InChI is InChI=1S/C14H15Cl2NO2/c1-2-17-8-10-5-6-18-14(10)9-19-11-3-4-12(15)13(16)7-11/h3-7,17H,2,8-9H2,1H3. The number of ether oxygens (including phenoxy) is 1. The summed E-state index contributed by atoms with van der Waals surface area (Å²) >= 11 is 11.8. The van der Waals surface area contributed by atoms with Crippen LogP contribution in [0.25, 0.3) is 0 Å². The minimum Gasteiger partial charge on any atom is -0.486 e. The first-order valence-corrected chi connectivity index (χ1v) is 6.80. The van der Waals surface area contributed by atoms with Crippen molar-refractivity contribution < 1.29 is 9.15 Å². The molecule has 0 aliphatic heterocycles. The molecule has 3 nitrogen and oxygen atoms in total. The van der Waals surface area contributed by atoms with Crippen molar-refractivity contribution >= 4 is 23.2 Å². The second kappa shape index (κ2) is 6.85. The molecule has 1 N–H and O–H groups in total. The quantitative estimate of drug-likeness (QED) is 0.865. The van der Waals surface area contributed by atoms with E-state index in [9.17, 15) is 0 Å². The van der Waals surface area contributed by atoms with Gasteiger partial charge in [-0.3, -0.25) is 0 Å². The zero-order valence-corrected chi connectivity index (χ0v) is 12.1. The maximum Gasteiger partial charge on any atom is 0.146 e. The van der Waals surface area contributed by atoms with Gasteiger partial charge >= 0.3 is 0 Å². The molecule has 0 bridgehead atoms. The van der Waals surface area contributed by atoms with Gasteiger partial charge in [-0.2, -0.15) is 0 Å². The van der Waals surface area contributed by atoms with Gasteiger partial charge in [0, 0.05) is 18.2 Å². The van der Waals surface area contributed by atoms with Gasteiger partial charge in [0.2, 0.25) is 0 Å². The van der Waals surface area contributed by atoms with Gasteiger partial charge in [-0.05, 0) is 24.7 Å². The first kappa shape index (κ1) is 14.3. The highest BCUT2D eigenvalue weighted by atomic mass is 35.5. The molecule has 0 aliphatic rings. The Hall–Kier alpha value is -1.16. The third-order valence-electron chi connectivity index (χ3n) is 2.66. The fourth-order valence-electron chi connectivity index (χ4n) is 1.63. The van der Waals surface area contributed by atoms with Crippen molar-refractivity contribution in [1.82, 2.24) is 5.32 Å². The van der Waals surface area contributed by atoms with Crippen LogP contribution in [0.4, 0.5) is 0 Å². The van der Waals surface area contributed by atoms with Crippen molar-refractivity contribution in [3.63, 3.8) is 0 Å².